The summed E-state index contributed by atoms with van der Waals surface area (Å²) >= 11 is 0. The Kier molecular flexibility index (Phi) is 8.95. The van der Waals surface area contributed by atoms with E-state index in [2.05, 4.69) is 20.3 Å². The number of ether oxygens (including phenoxy) is 1. The van der Waals surface area contributed by atoms with Crippen LogP contribution in [0.5, 0.6) is 5.75 Å². The number of rotatable bonds is 10. The number of benzene rings is 2. The molecule has 7 nitrogen and oxygen atoms in total. The van der Waals surface area contributed by atoms with Crippen molar-refractivity contribution in [2.75, 3.05) is 26.7 Å². The Bertz CT molecular complexity index is 896. The van der Waals surface area contributed by atoms with Crippen LogP contribution in [0.25, 0.3) is 0 Å². The van der Waals surface area contributed by atoms with Crippen molar-refractivity contribution >= 4 is 16.0 Å². The Labute approximate surface area is 173 Å². The minimum Gasteiger partial charge on any atom is -0.492 e. The number of sulfonamides is 1. The molecule has 29 heavy (non-hydrogen) atoms. The van der Waals surface area contributed by atoms with Crippen LogP contribution >= 0.6 is 0 Å². The topological polar surface area (TPSA) is 91.8 Å². The highest BCUT2D eigenvalue weighted by atomic mass is 32.2. The van der Waals surface area contributed by atoms with Crippen LogP contribution in [0.3, 0.4) is 0 Å². The molecule has 0 fully saturated rings. The zero-order valence-electron chi connectivity index (χ0n) is 17.2. The second-order valence-corrected chi connectivity index (χ2v) is 8.49. The lowest BCUT2D eigenvalue weighted by Crippen LogP contribution is -2.39. The summed E-state index contributed by atoms with van der Waals surface area (Å²) in [6, 6.07) is 15.4. The van der Waals surface area contributed by atoms with E-state index >= 15 is 0 Å². The van der Waals surface area contributed by atoms with Crippen molar-refractivity contribution in [3.63, 3.8) is 0 Å². The molecular formula is C21H30N4O3S. The Morgan fingerprint density at radius 1 is 1.07 bits per heavy atom. The second-order valence-electron chi connectivity index (χ2n) is 6.57. The van der Waals surface area contributed by atoms with Crippen LogP contribution in [0.2, 0.25) is 0 Å². The van der Waals surface area contributed by atoms with Crippen LogP contribution in [-0.2, 0) is 22.3 Å². The standard InChI is InChI=1S/C21H30N4O3S/c1-4-23-21(24-12-13-28-20-10-8-17(2)9-11-20)25-15-18-6-5-7-19(14-18)16-29(26,27)22-3/h5-11,14,22H,4,12-13,15-16H2,1-3H3,(H2,23,24,25). The van der Waals surface area contributed by atoms with E-state index in [1.54, 1.807) is 6.07 Å². The van der Waals surface area contributed by atoms with Gasteiger partial charge in [0.1, 0.15) is 12.4 Å². The van der Waals surface area contributed by atoms with Gasteiger partial charge < -0.3 is 15.4 Å². The van der Waals surface area contributed by atoms with Crippen LogP contribution in [0, 0.1) is 6.92 Å². The van der Waals surface area contributed by atoms with Crippen LogP contribution in [-0.4, -0.2) is 41.1 Å². The maximum atomic E-state index is 11.7. The van der Waals surface area contributed by atoms with E-state index < -0.39 is 10.0 Å². The molecule has 0 saturated heterocycles. The van der Waals surface area contributed by atoms with Crippen LogP contribution < -0.4 is 20.1 Å². The summed E-state index contributed by atoms with van der Waals surface area (Å²) in [5, 5.41) is 6.44. The van der Waals surface area contributed by atoms with Crippen LogP contribution in [0.1, 0.15) is 23.6 Å². The summed E-state index contributed by atoms with van der Waals surface area (Å²) < 4.78 is 31.5. The summed E-state index contributed by atoms with van der Waals surface area (Å²) in [6.45, 7) is 6.36. The molecule has 2 aromatic rings. The number of guanidine groups is 1. The molecule has 0 radical (unpaired) electrons. The predicted molar refractivity (Wildman–Crippen MR) is 118 cm³/mol. The van der Waals surface area contributed by atoms with E-state index in [1.165, 1.54) is 12.6 Å². The highest BCUT2D eigenvalue weighted by Crippen LogP contribution is 2.11. The molecule has 158 valence electrons. The fourth-order valence-electron chi connectivity index (χ4n) is 2.59. The third-order valence-electron chi connectivity index (χ3n) is 4.11. The second kappa shape index (κ2) is 11.4. The number of aliphatic imine (C=N–C) groups is 1. The first-order chi connectivity index (χ1) is 13.9. The first-order valence-corrected chi connectivity index (χ1v) is 11.3. The molecule has 0 aliphatic heterocycles. The Morgan fingerprint density at radius 3 is 2.48 bits per heavy atom. The SMILES string of the molecule is CCNC(=NCc1cccc(CS(=O)(=O)NC)c1)NCCOc1ccc(C)cc1. The molecule has 0 saturated carbocycles. The van der Waals surface area contributed by atoms with E-state index in [-0.39, 0.29) is 5.75 Å². The van der Waals surface area contributed by atoms with E-state index in [9.17, 15) is 8.42 Å². The van der Waals surface area contributed by atoms with Gasteiger partial charge in [0.25, 0.3) is 0 Å². The van der Waals surface area contributed by atoms with Crippen LogP contribution in [0.15, 0.2) is 53.5 Å². The molecular weight excluding hydrogens is 388 g/mol. The summed E-state index contributed by atoms with van der Waals surface area (Å²) in [4.78, 5) is 4.57. The van der Waals surface area contributed by atoms with Gasteiger partial charge in [-0.2, -0.15) is 0 Å². The van der Waals surface area contributed by atoms with Crippen molar-refractivity contribution in [1.82, 2.24) is 15.4 Å². The van der Waals surface area contributed by atoms with Gasteiger partial charge >= 0.3 is 0 Å². The monoisotopic (exact) mass is 418 g/mol. The minimum atomic E-state index is -3.29. The third-order valence-corrected chi connectivity index (χ3v) is 5.44. The van der Waals surface area contributed by atoms with Gasteiger partial charge in [0.05, 0.1) is 18.8 Å². The number of aryl methyl sites for hydroxylation is 1. The van der Waals surface area contributed by atoms with Gasteiger partial charge in [-0.3, -0.25) is 0 Å². The lowest BCUT2D eigenvalue weighted by atomic mass is 10.1. The lowest BCUT2D eigenvalue weighted by Gasteiger charge is -2.12. The van der Waals surface area contributed by atoms with Crippen molar-refractivity contribution in [3.05, 3.63) is 65.2 Å². The fourth-order valence-corrected chi connectivity index (χ4v) is 3.36. The molecule has 0 bridgehead atoms. The quantitative estimate of drug-likeness (QED) is 0.312. The average Bonchev–Trinajstić information content (AvgIpc) is 2.70. The third kappa shape index (κ3) is 8.53. The molecule has 3 N–H and O–H groups in total. The number of nitrogens with zero attached hydrogens (tertiary/aromatic N) is 1. The molecule has 0 atom stereocenters. The summed E-state index contributed by atoms with van der Waals surface area (Å²) in [6.07, 6.45) is 0. The zero-order valence-corrected chi connectivity index (χ0v) is 18.1. The Hall–Kier alpha value is -2.58. The fraction of sp³-hybridized carbons (Fsp3) is 0.381. The number of nitrogens with one attached hydrogen (secondary N) is 3. The maximum Gasteiger partial charge on any atom is 0.215 e. The van der Waals surface area contributed by atoms with Gasteiger partial charge in [0, 0.05) is 6.54 Å². The molecule has 0 spiro atoms. The van der Waals surface area contributed by atoms with Gasteiger partial charge in [0.2, 0.25) is 10.0 Å². The zero-order chi connectivity index (χ0) is 21.1. The molecule has 8 heteroatoms. The van der Waals surface area contributed by atoms with Crippen molar-refractivity contribution in [1.29, 1.82) is 0 Å². The first kappa shape index (κ1) is 22.7. The molecule has 0 unspecified atom stereocenters. The summed E-state index contributed by atoms with van der Waals surface area (Å²) in [7, 11) is -1.88. The van der Waals surface area contributed by atoms with Crippen molar-refractivity contribution in [3.8, 4) is 5.75 Å². The summed E-state index contributed by atoms with van der Waals surface area (Å²) in [5.41, 5.74) is 2.88. The van der Waals surface area contributed by atoms with E-state index in [0.29, 0.717) is 25.7 Å². The molecule has 0 amide bonds. The average molecular weight is 419 g/mol. The molecule has 2 aromatic carbocycles. The van der Waals surface area contributed by atoms with Gasteiger partial charge in [-0.05, 0) is 44.2 Å². The highest BCUT2D eigenvalue weighted by molar-refractivity contribution is 7.88. The number of hydrogen-bond acceptors (Lipinski definition) is 4. The van der Waals surface area contributed by atoms with Gasteiger partial charge in [-0.25, -0.2) is 18.1 Å². The van der Waals surface area contributed by atoms with E-state index in [0.717, 1.165) is 23.4 Å². The predicted octanol–water partition coefficient (Wildman–Crippen LogP) is 2.18. The first-order valence-electron chi connectivity index (χ1n) is 9.62. The van der Waals surface area contributed by atoms with Gasteiger partial charge in [-0.15, -0.1) is 0 Å². The van der Waals surface area contributed by atoms with Crippen molar-refractivity contribution < 1.29 is 13.2 Å². The Balaban J connectivity index is 1.88. The minimum absolute atomic E-state index is 0.0459. The summed E-state index contributed by atoms with van der Waals surface area (Å²) in [5.74, 6) is 1.48. The smallest absolute Gasteiger partial charge is 0.215 e. The maximum absolute atomic E-state index is 11.7. The highest BCUT2D eigenvalue weighted by Gasteiger charge is 2.08. The molecule has 0 aliphatic carbocycles. The number of hydrogen-bond donors (Lipinski definition) is 3. The molecule has 0 heterocycles. The molecule has 0 aromatic heterocycles. The normalized spacial score (nSPS) is 11.9. The molecule has 2 rings (SSSR count). The van der Waals surface area contributed by atoms with E-state index in [4.69, 9.17) is 4.74 Å². The molecule has 0 aliphatic rings. The van der Waals surface area contributed by atoms with Gasteiger partial charge in [0.15, 0.2) is 5.96 Å². The van der Waals surface area contributed by atoms with E-state index in [1.807, 2.05) is 56.3 Å². The lowest BCUT2D eigenvalue weighted by molar-refractivity contribution is 0.322. The van der Waals surface area contributed by atoms with Crippen molar-refractivity contribution in [2.45, 2.75) is 26.1 Å². The van der Waals surface area contributed by atoms with Crippen molar-refractivity contribution in [2.24, 2.45) is 4.99 Å². The van der Waals surface area contributed by atoms with Crippen LogP contribution in [0.4, 0.5) is 0 Å². The van der Waals surface area contributed by atoms with Gasteiger partial charge in [-0.1, -0.05) is 42.0 Å². The Morgan fingerprint density at radius 2 is 1.79 bits per heavy atom. The largest absolute Gasteiger partial charge is 0.492 e.